The van der Waals surface area contributed by atoms with Gasteiger partial charge in [0.2, 0.25) is 0 Å². The summed E-state index contributed by atoms with van der Waals surface area (Å²) < 4.78 is 14.6. The number of benzene rings is 2. The first-order chi connectivity index (χ1) is 10.5. The second kappa shape index (κ2) is 5.48. The molecule has 0 bridgehead atoms. The molecule has 0 aliphatic heterocycles. The van der Waals surface area contributed by atoms with Gasteiger partial charge in [0.25, 0.3) is 5.56 Å². The highest BCUT2D eigenvalue weighted by molar-refractivity contribution is 5.66. The second-order valence-electron chi connectivity index (χ2n) is 5.18. The lowest BCUT2D eigenvalue weighted by molar-refractivity contribution is 0.628. The Morgan fingerprint density at radius 2 is 1.77 bits per heavy atom. The summed E-state index contributed by atoms with van der Waals surface area (Å²) in [5.41, 5.74) is 9.53. The fourth-order valence-corrected chi connectivity index (χ4v) is 2.44. The molecule has 0 aliphatic carbocycles. The average Bonchev–Trinajstić information content (AvgIpc) is 2.48. The highest BCUT2D eigenvalue weighted by Crippen LogP contribution is 2.23. The van der Waals surface area contributed by atoms with Gasteiger partial charge in [0.1, 0.15) is 5.82 Å². The van der Waals surface area contributed by atoms with Crippen molar-refractivity contribution in [1.29, 1.82) is 0 Å². The molecular formula is C18H15FN2O. The Kier molecular flexibility index (Phi) is 3.51. The summed E-state index contributed by atoms with van der Waals surface area (Å²) in [7, 11) is 0. The Morgan fingerprint density at radius 3 is 2.45 bits per heavy atom. The zero-order chi connectivity index (χ0) is 15.7. The number of halogens is 1. The maximum Gasteiger partial charge on any atom is 0.255 e. The van der Waals surface area contributed by atoms with Gasteiger partial charge in [-0.05, 0) is 48.4 Å². The molecular weight excluding hydrogens is 279 g/mol. The normalized spacial score (nSPS) is 10.6. The fourth-order valence-electron chi connectivity index (χ4n) is 2.44. The number of aryl methyl sites for hydroxylation is 1. The van der Waals surface area contributed by atoms with Gasteiger partial charge in [0, 0.05) is 23.5 Å². The molecule has 0 saturated carbocycles. The van der Waals surface area contributed by atoms with Crippen LogP contribution < -0.4 is 11.3 Å². The van der Waals surface area contributed by atoms with Gasteiger partial charge >= 0.3 is 0 Å². The standard InChI is InChI=1S/C18H15FN2O/c1-12-9-18(22)21(16-4-2-3-15(20)10-16)11-17(12)13-5-7-14(19)8-6-13/h2-11H,20H2,1H3. The summed E-state index contributed by atoms with van der Waals surface area (Å²) in [5.74, 6) is -0.287. The molecule has 3 rings (SSSR count). The molecule has 0 saturated heterocycles. The molecule has 0 spiro atoms. The third-order valence-electron chi connectivity index (χ3n) is 3.56. The summed E-state index contributed by atoms with van der Waals surface area (Å²) in [6.07, 6.45) is 1.76. The minimum atomic E-state index is -0.287. The lowest BCUT2D eigenvalue weighted by Crippen LogP contribution is -2.17. The number of nitrogens with zero attached hydrogens (tertiary/aromatic N) is 1. The van der Waals surface area contributed by atoms with Crippen molar-refractivity contribution in [2.75, 3.05) is 5.73 Å². The van der Waals surface area contributed by atoms with E-state index in [9.17, 15) is 9.18 Å². The van der Waals surface area contributed by atoms with Gasteiger partial charge in [-0.25, -0.2) is 4.39 Å². The smallest absolute Gasteiger partial charge is 0.255 e. The van der Waals surface area contributed by atoms with Crippen molar-refractivity contribution in [3.63, 3.8) is 0 Å². The minimum Gasteiger partial charge on any atom is -0.399 e. The second-order valence-corrected chi connectivity index (χ2v) is 5.18. The lowest BCUT2D eigenvalue weighted by Gasteiger charge is -2.12. The number of aromatic nitrogens is 1. The Bertz CT molecular complexity index is 882. The first-order valence-corrected chi connectivity index (χ1v) is 6.90. The van der Waals surface area contributed by atoms with E-state index in [0.717, 1.165) is 16.7 Å². The van der Waals surface area contributed by atoms with E-state index in [1.165, 1.54) is 12.1 Å². The van der Waals surface area contributed by atoms with Crippen molar-refractivity contribution < 1.29 is 4.39 Å². The van der Waals surface area contributed by atoms with Gasteiger partial charge in [0.05, 0.1) is 5.69 Å². The molecule has 4 heteroatoms. The predicted octanol–water partition coefficient (Wildman–Crippen LogP) is 3.53. The van der Waals surface area contributed by atoms with Gasteiger partial charge < -0.3 is 5.73 Å². The van der Waals surface area contributed by atoms with Gasteiger partial charge in [-0.2, -0.15) is 0 Å². The van der Waals surface area contributed by atoms with Crippen LogP contribution >= 0.6 is 0 Å². The quantitative estimate of drug-likeness (QED) is 0.735. The summed E-state index contributed by atoms with van der Waals surface area (Å²) >= 11 is 0. The largest absolute Gasteiger partial charge is 0.399 e. The molecule has 0 aliphatic rings. The Balaban J connectivity index is 2.19. The first-order valence-electron chi connectivity index (χ1n) is 6.90. The Hall–Kier alpha value is -2.88. The third kappa shape index (κ3) is 2.63. The van der Waals surface area contributed by atoms with E-state index in [1.807, 2.05) is 13.0 Å². The topological polar surface area (TPSA) is 48.0 Å². The monoisotopic (exact) mass is 294 g/mol. The van der Waals surface area contributed by atoms with E-state index in [-0.39, 0.29) is 11.4 Å². The summed E-state index contributed by atoms with van der Waals surface area (Å²) in [4.78, 5) is 12.3. The maximum atomic E-state index is 13.1. The molecule has 1 aromatic heterocycles. The van der Waals surface area contributed by atoms with Crippen molar-refractivity contribution >= 4 is 5.69 Å². The van der Waals surface area contributed by atoms with Crippen LogP contribution in [0.1, 0.15) is 5.56 Å². The predicted molar refractivity (Wildman–Crippen MR) is 86.6 cm³/mol. The molecule has 0 unspecified atom stereocenters. The van der Waals surface area contributed by atoms with E-state index >= 15 is 0 Å². The van der Waals surface area contributed by atoms with Crippen molar-refractivity contribution in [2.24, 2.45) is 0 Å². The molecule has 2 N–H and O–H groups in total. The van der Waals surface area contributed by atoms with Crippen molar-refractivity contribution in [1.82, 2.24) is 4.57 Å². The molecule has 0 amide bonds. The van der Waals surface area contributed by atoms with E-state index in [2.05, 4.69) is 0 Å². The third-order valence-corrected chi connectivity index (χ3v) is 3.56. The van der Waals surface area contributed by atoms with Crippen LogP contribution in [0, 0.1) is 12.7 Å². The van der Waals surface area contributed by atoms with Crippen molar-refractivity contribution in [3.05, 3.63) is 82.5 Å². The van der Waals surface area contributed by atoms with Crippen LogP contribution in [-0.4, -0.2) is 4.57 Å². The first kappa shape index (κ1) is 14.1. The van der Waals surface area contributed by atoms with Crippen LogP contribution in [0.25, 0.3) is 16.8 Å². The van der Waals surface area contributed by atoms with E-state index in [1.54, 1.807) is 47.2 Å². The maximum absolute atomic E-state index is 13.1. The average molecular weight is 294 g/mol. The number of hydrogen-bond acceptors (Lipinski definition) is 2. The van der Waals surface area contributed by atoms with Gasteiger partial charge in [-0.15, -0.1) is 0 Å². The molecule has 3 nitrogen and oxygen atoms in total. The van der Waals surface area contributed by atoms with Gasteiger partial charge in [0.15, 0.2) is 0 Å². The van der Waals surface area contributed by atoms with Crippen LogP contribution in [0.5, 0.6) is 0 Å². The molecule has 0 radical (unpaired) electrons. The van der Waals surface area contributed by atoms with E-state index in [0.29, 0.717) is 11.4 Å². The molecule has 0 atom stereocenters. The zero-order valence-electron chi connectivity index (χ0n) is 12.1. The number of anilines is 1. The number of pyridine rings is 1. The van der Waals surface area contributed by atoms with Crippen LogP contribution in [0.15, 0.2) is 65.6 Å². The highest BCUT2D eigenvalue weighted by Gasteiger charge is 2.08. The van der Waals surface area contributed by atoms with Crippen molar-refractivity contribution in [3.8, 4) is 16.8 Å². The number of hydrogen-bond donors (Lipinski definition) is 1. The Labute approximate surface area is 127 Å². The SMILES string of the molecule is Cc1cc(=O)n(-c2cccc(N)c2)cc1-c1ccc(F)cc1. The zero-order valence-corrected chi connectivity index (χ0v) is 12.1. The van der Waals surface area contributed by atoms with Gasteiger partial charge in [-0.3, -0.25) is 9.36 Å². The highest BCUT2D eigenvalue weighted by atomic mass is 19.1. The molecule has 22 heavy (non-hydrogen) atoms. The Morgan fingerprint density at radius 1 is 1.05 bits per heavy atom. The van der Waals surface area contributed by atoms with E-state index in [4.69, 9.17) is 5.73 Å². The lowest BCUT2D eigenvalue weighted by atomic mass is 10.0. The molecule has 3 aromatic rings. The molecule has 0 fully saturated rings. The summed E-state index contributed by atoms with van der Waals surface area (Å²) in [6.45, 7) is 1.86. The number of rotatable bonds is 2. The van der Waals surface area contributed by atoms with E-state index < -0.39 is 0 Å². The van der Waals surface area contributed by atoms with Crippen LogP contribution in [0.2, 0.25) is 0 Å². The molecule has 1 heterocycles. The number of nitrogen functional groups attached to an aromatic ring is 1. The summed E-state index contributed by atoms with van der Waals surface area (Å²) in [5, 5.41) is 0. The molecule has 110 valence electrons. The summed E-state index contributed by atoms with van der Waals surface area (Å²) in [6, 6.07) is 14.9. The number of nitrogens with two attached hydrogens (primary N) is 1. The fraction of sp³-hybridized carbons (Fsp3) is 0.0556. The van der Waals surface area contributed by atoms with Crippen LogP contribution in [0.4, 0.5) is 10.1 Å². The van der Waals surface area contributed by atoms with Crippen LogP contribution in [0.3, 0.4) is 0 Å². The molecule has 2 aromatic carbocycles. The van der Waals surface area contributed by atoms with Crippen molar-refractivity contribution in [2.45, 2.75) is 6.92 Å². The van der Waals surface area contributed by atoms with Gasteiger partial charge in [-0.1, -0.05) is 18.2 Å². The van der Waals surface area contributed by atoms with Crippen LogP contribution in [-0.2, 0) is 0 Å². The minimum absolute atomic E-state index is 0.131.